The molecule has 0 aromatic carbocycles. The fourth-order valence-corrected chi connectivity index (χ4v) is 0.512. The molecule has 4 heteroatoms. The summed E-state index contributed by atoms with van der Waals surface area (Å²) >= 11 is 0. The van der Waals surface area contributed by atoms with E-state index in [4.69, 9.17) is 0 Å². The highest BCUT2D eigenvalue weighted by Crippen LogP contribution is 1.91. The van der Waals surface area contributed by atoms with Gasteiger partial charge in [-0.1, -0.05) is 11.8 Å². The fraction of sp³-hybridized carbons (Fsp3) is 0.167. The molecule has 1 aromatic heterocycles. The molecule has 0 bridgehead atoms. The Bertz CT molecular complexity index is 250. The Kier molecular flexibility index (Phi) is 1.62. The Morgan fingerprint density at radius 3 is 2.80 bits per heavy atom. The molecule has 0 spiro atoms. The van der Waals surface area contributed by atoms with E-state index >= 15 is 0 Å². The third-order valence-corrected chi connectivity index (χ3v) is 0.996. The largest absolute Gasteiger partial charge is 0.274 e. The van der Waals surface area contributed by atoms with E-state index in [-0.39, 0.29) is 5.91 Å². The topological polar surface area (TPSA) is 47.8 Å². The van der Waals surface area contributed by atoms with E-state index in [1.54, 1.807) is 6.92 Å². The molecular weight excluding hydrogens is 130 g/mol. The summed E-state index contributed by atoms with van der Waals surface area (Å²) in [6.07, 6.45) is 2.93. The van der Waals surface area contributed by atoms with E-state index in [9.17, 15) is 4.79 Å². The zero-order chi connectivity index (χ0) is 7.56. The molecule has 0 saturated heterocycles. The number of rotatable bonds is 1. The number of hydrogen-bond acceptors (Lipinski definition) is 3. The van der Waals surface area contributed by atoms with Gasteiger partial charge in [0.05, 0.1) is 12.4 Å². The summed E-state index contributed by atoms with van der Waals surface area (Å²) in [5, 5.41) is 6.97. The minimum absolute atomic E-state index is 0.225. The molecule has 1 rings (SSSR count). The molecular formula is C6H7N3O. The van der Waals surface area contributed by atoms with Crippen molar-refractivity contribution < 1.29 is 4.79 Å². The van der Waals surface area contributed by atoms with E-state index in [2.05, 4.69) is 16.9 Å². The Morgan fingerprint density at radius 2 is 2.40 bits per heavy atom. The van der Waals surface area contributed by atoms with Gasteiger partial charge in [-0.25, -0.2) is 0 Å². The molecule has 1 aromatic rings. The first-order valence-corrected chi connectivity index (χ1v) is 2.78. The minimum Gasteiger partial charge on any atom is -0.267 e. The van der Waals surface area contributed by atoms with Crippen molar-refractivity contribution in [2.24, 2.45) is 0 Å². The number of aromatic nitrogens is 3. The van der Waals surface area contributed by atoms with Crippen LogP contribution in [-0.4, -0.2) is 20.9 Å². The Morgan fingerprint density at radius 1 is 1.70 bits per heavy atom. The van der Waals surface area contributed by atoms with Crippen LogP contribution in [0.1, 0.15) is 11.7 Å². The Balaban J connectivity index is 2.88. The predicted molar refractivity (Wildman–Crippen MR) is 35.5 cm³/mol. The first kappa shape index (κ1) is 6.67. The lowest BCUT2D eigenvalue weighted by molar-refractivity contribution is 0.0938. The van der Waals surface area contributed by atoms with Crippen molar-refractivity contribution in [3.8, 4) is 0 Å². The Labute approximate surface area is 58.2 Å². The van der Waals surface area contributed by atoms with Crippen LogP contribution in [0.25, 0.3) is 0 Å². The average molecular weight is 137 g/mol. The molecule has 0 radical (unpaired) electrons. The third-order valence-electron chi connectivity index (χ3n) is 0.996. The summed E-state index contributed by atoms with van der Waals surface area (Å²) in [5.74, 6) is -0.225. The SMILES string of the molecule is C=C(C)C(=O)n1ccnn1. The third kappa shape index (κ3) is 1.10. The van der Waals surface area contributed by atoms with E-state index in [1.165, 1.54) is 12.4 Å². The Hall–Kier alpha value is -1.45. The van der Waals surface area contributed by atoms with Crippen molar-refractivity contribution in [1.29, 1.82) is 0 Å². The summed E-state index contributed by atoms with van der Waals surface area (Å²) in [5.41, 5.74) is 0.450. The molecule has 0 N–H and O–H groups in total. The highest BCUT2D eigenvalue weighted by molar-refractivity contribution is 5.93. The summed E-state index contributed by atoms with van der Waals surface area (Å²) in [7, 11) is 0. The molecule has 0 aliphatic rings. The van der Waals surface area contributed by atoms with E-state index in [0.29, 0.717) is 5.57 Å². The van der Waals surface area contributed by atoms with Crippen LogP contribution in [0.2, 0.25) is 0 Å². The molecule has 4 nitrogen and oxygen atoms in total. The maximum Gasteiger partial charge on any atom is 0.274 e. The lowest BCUT2D eigenvalue weighted by Gasteiger charge is -1.94. The zero-order valence-electron chi connectivity index (χ0n) is 5.61. The van der Waals surface area contributed by atoms with E-state index in [0.717, 1.165) is 4.68 Å². The van der Waals surface area contributed by atoms with Gasteiger partial charge in [0.2, 0.25) is 0 Å². The van der Waals surface area contributed by atoms with Crippen LogP contribution >= 0.6 is 0 Å². The van der Waals surface area contributed by atoms with Crippen LogP contribution in [0.3, 0.4) is 0 Å². The van der Waals surface area contributed by atoms with Gasteiger partial charge in [-0.2, -0.15) is 4.68 Å². The lowest BCUT2D eigenvalue weighted by atomic mass is 10.3. The maximum absolute atomic E-state index is 11.0. The van der Waals surface area contributed by atoms with Gasteiger partial charge in [-0.15, -0.1) is 5.10 Å². The van der Waals surface area contributed by atoms with Gasteiger partial charge < -0.3 is 0 Å². The van der Waals surface area contributed by atoms with Crippen molar-refractivity contribution >= 4 is 5.91 Å². The van der Waals surface area contributed by atoms with Crippen LogP contribution in [0, 0.1) is 0 Å². The highest BCUT2D eigenvalue weighted by Gasteiger charge is 2.03. The van der Waals surface area contributed by atoms with Crippen LogP contribution in [0.4, 0.5) is 0 Å². The second kappa shape index (κ2) is 2.43. The van der Waals surface area contributed by atoms with Crippen LogP contribution in [0.15, 0.2) is 24.5 Å². The normalized spacial score (nSPS) is 9.30. The smallest absolute Gasteiger partial charge is 0.267 e. The predicted octanol–water partition coefficient (Wildman–Crippen LogP) is 0.494. The number of carbonyl (C=O) groups is 1. The first-order valence-electron chi connectivity index (χ1n) is 2.78. The summed E-state index contributed by atoms with van der Waals surface area (Å²) in [4.78, 5) is 11.0. The molecule has 0 amide bonds. The summed E-state index contributed by atoms with van der Waals surface area (Å²) < 4.78 is 1.14. The van der Waals surface area contributed by atoms with Gasteiger partial charge in [-0.3, -0.25) is 4.79 Å². The van der Waals surface area contributed by atoms with Gasteiger partial charge in [0, 0.05) is 5.57 Å². The number of hydrogen-bond donors (Lipinski definition) is 0. The van der Waals surface area contributed by atoms with E-state index in [1.807, 2.05) is 0 Å². The fourth-order valence-electron chi connectivity index (χ4n) is 0.512. The molecule has 0 saturated carbocycles. The van der Waals surface area contributed by atoms with Crippen LogP contribution < -0.4 is 0 Å². The van der Waals surface area contributed by atoms with Crippen molar-refractivity contribution in [3.05, 3.63) is 24.5 Å². The quantitative estimate of drug-likeness (QED) is 0.529. The van der Waals surface area contributed by atoms with Gasteiger partial charge in [-0.05, 0) is 6.92 Å². The second-order valence-electron chi connectivity index (χ2n) is 1.93. The molecule has 1 heterocycles. The van der Waals surface area contributed by atoms with Gasteiger partial charge in [0.15, 0.2) is 0 Å². The summed E-state index contributed by atoms with van der Waals surface area (Å²) in [6, 6.07) is 0. The lowest BCUT2D eigenvalue weighted by Crippen LogP contribution is -2.11. The average Bonchev–Trinajstić information content (AvgIpc) is 2.36. The molecule has 0 aliphatic heterocycles. The molecule has 0 aliphatic carbocycles. The number of allylic oxidation sites excluding steroid dienone is 1. The van der Waals surface area contributed by atoms with Crippen molar-refractivity contribution in [2.45, 2.75) is 6.92 Å². The standard InChI is InChI=1S/C6H7N3O/c1-5(2)6(10)9-4-3-7-8-9/h3-4H,1H2,2H3. The van der Waals surface area contributed by atoms with E-state index < -0.39 is 0 Å². The maximum atomic E-state index is 11.0. The minimum atomic E-state index is -0.225. The second-order valence-corrected chi connectivity index (χ2v) is 1.93. The monoisotopic (exact) mass is 137 g/mol. The summed E-state index contributed by atoms with van der Waals surface area (Å²) in [6.45, 7) is 5.10. The molecule has 0 unspecified atom stereocenters. The van der Waals surface area contributed by atoms with Gasteiger partial charge in [0.1, 0.15) is 0 Å². The highest BCUT2D eigenvalue weighted by atomic mass is 16.2. The molecule has 10 heavy (non-hydrogen) atoms. The first-order chi connectivity index (χ1) is 4.72. The van der Waals surface area contributed by atoms with Crippen molar-refractivity contribution in [3.63, 3.8) is 0 Å². The van der Waals surface area contributed by atoms with Crippen LogP contribution in [-0.2, 0) is 0 Å². The number of carbonyl (C=O) groups excluding carboxylic acids is 1. The zero-order valence-corrected chi connectivity index (χ0v) is 5.61. The molecule has 52 valence electrons. The van der Waals surface area contributed by atoms with Gasteiger partial charge >= 0.3 is 0 Å². The van der Waals surface area contributed by atoms with Crippen molar-refractivity contribution in [2.75, 3.05) is 0 Å². The van der Waals surface area contributed by atoms with Gasteiger partial charge in [0.25, 0.3) is 5.91 Å². The number of nitrogens with zero attached hydrogens (tertiary/aromatic N) is 3. The molecule has 0 fully saturated rings. The van der Waals surface area contributed by atoms with Crippen LogP contribution in [0.5, 0.6) is 0 Å². The molecule has 0 atom stereocenters. The van der Waals surface area contributed by atoms with Crippen molar-refractivity contribution in [1.82, 2.24) is 15.0 Å².